The van der Waals surface area contributed by atoms with Crippen LogP contribution >= 0.6 is 23.2 Å². The summed E-state index contributed by atoms with van der Waals surface area (Å²) in [6, 6.07) is 8.32. The number of hydrogen-bond donors (Lipinski definition) is 1. The molecular formula is C14H11Cl2FN2O2. The van der Waals surface area contributed by atoms with Gasteiger partial charge in [0.25, 0.3) is 5.69 Å². The number of halogens is 3. The van der Waals surface area contributed by atoms with Crippen molar-refractivity contribution in [3.05, 3.63) is 67.9 Å². The third kappa shape index (κ3) is 3.43. The fourth-order valence-corrected chi connectivity index (χ4v) is 2.48. The fraction of sp³-hybridized carbons (Fsp3) is 0.143. The van der Waals surface area contributed by atoms with Gasteiger partial charge in [-0.3, -0.25) is 10.1 Å². The van der Waals surface area contributed by atoms with E-state index in [1.165, 1.54) is 18.2 Å². The molecule has 2 aromatic rings. The highest BCUT2D eigenvalue weighted by molar-refractivity contribution is 6.35. The number of nitro benzene ring substituents is 1. The Bertz CT molecular complexity index is 695. The van der Waals surface area contributed by atoms with Crippen molar-refractivity contribution in [1.29, 1.82) is 0 Å². The Hall–Kier alpha value is -1.85. The first kappa shape index (κ1) is 15.5. The van der Waals surface area contributed by atoms with Crippen LogP contribution in [0.3, 0.4) is 0 Å². The number of nitrogens with zero attached hydrogens (tertiary/aromatic N) is 1. The van der Waals surface area contributed by atoms with E-state index in [-0.39, 0.29) is 10.7 Å². The van der Waals surface area contributed by atoms with Crippen molar-refractivity contribution in [3.8, 4) is 0 Å². The predicted octanol–water partition coefficient (Wildman–Crippen LogP) is 5.21. The molecule has 0 spiro atoms. The summed E-state index contributed by atoms with van der Waals surface area (Å²) < 4.78 is 13.5. The number of nitro groups is 1. The van der Waals surface area contributed by atoms with Crippen molar-refractivity contribution in [2.24, 2.45) is 0 Å². The minimum absolute atomic E-state index is 0.0603. The molecule has 0 bridgehead atoms. The monoisotopic (exact) mass is 328 g/mol. The number of benzene rings is 2. The number of anilines is 1. The first-order valence-corrected chi connectivity index (χ1v) is 6.80. The summed E-state index contributed by atoms with van der Waals surface area (Å²) in [5.74, 6) is -0.590. The van der Waals surface area contributed by atoms with Crippen molar-refractivity contribution in [3.63, 3.8) is 0 Å². The van der Waals surface area contributed by atoms with Crippen molar-refractivity contribution in [2.75, 3.05) is 5.32 Å². The van der Waals surface area contributed by atoms with Crippen LogP contribution in [0.1, 0.15) is 18.5 Å². The van der Waals surface area contributed by atoms with Gasteiger partial charge < -0.3 is 5.32 Å². The van der Waals surface area contributed by atoms with Crippen molar-refractivity contribution in [2.45, 2.75) is 13.0 Å². The molecule has 0 radical (unpaired) electrons. The van der Waals surface area contributed by atoms with E-state index < -0.39 is 16.8 Å². The molecule has 110 valence electrons. The summed E-state index contributed by atoms with van der Waals surface area (Å²) in [4.78, 5) is 10.5. The highest BCUT2D eigenvalue weighted by Crippen LogP contribution is 2.32. The Morgan fingerprint density at radius 1 is 1.24 bits per heavy atom. The summed E-state index contributed by atoms with van der Waals surface area (Å²) in [6.07, 6.45) is 0. The average Bonchev–Trinajstić information content (AvgIpc) is 2.43. The second kappa shape index (κ2) is 6.28. The average molecular weight is 329 g/mol. The van der Waals surface area contributed by atoms with Crippen LogP contribution in [0.2, 0.25) is 10.0 Å². The minimum atomic E-state index is -0.590. The quantitative estimate of drug-likeness (QED) is 0.476. The fourth-order valence-electron chi connectivity index (χ4n) is 1.94. The largest absolute Gasteiger partial charge is 0.373 e. The van der Waals surface area contributed by atoms with Crippen LogP contribution in [-0.4, -0.2) is 4.92 Å². The number of nitrogens with one attached hydrogen (secondary N) is 1. The molecule has 0 aliphatic carbocycles. The number of para-hydroxylation sites is 2. The van der Waals surface area contributed by atoms with Crippen LogP contribution in [0, 0.1) is 15.9 Å². The first-order chi connectivity index (χ1) is 9.90. The lowest BCUT2D eigenvalue weighted by Crippen LogP contribution is -2.09. The smallest absolute Gasteiger partial charge is 0.292 e. The van der Waals surface area contributed by atoms with Gasteiger partial charge in [-0.2, -0.15) is 0 Å². The van der Waals surface area contributed by atoms with Gasteiger partial charge in [0.05, 0.1) is 16.0 Å². The zero-order chi connectivity index (χ0) is 15.6. The van der Waals surface area contributed by atoms with Crippen LogP contribution in [0.5, 0.6) is 0 Å². The lowest BCUT2D eigenvalue weighted by Gasteiger charge is -2.17. The maximum Gasteiger partial charge on any atom is 0.292 e. The van der Waals surface area contributed by atoms with Gasteiger partial charge in [0, 0.05) is 11.1 Å². The van der Waals surface area contributed by atoms with Crippen LogP contribution < -0.4 is 5.32 Å². The lowest BCUT2D eigenvalue weighted by molar-refractivity contribution is -0.384. The van der Waals surface area contributed by atoms with Gasteiger partial charge in [0.2, 0.25) is 0 Å². The van der Waals surface area contributed by atoms with E-state index >= 15 is 0 Å². The molecule has 21 heavy (non-hydrogen) atoms. The summed E-state index contributed by atoms with van der Waals surface area (Å²) >= 11 is 11.7. The Morgan fingerprint density at radius 2 is 1.90 bits per heavy atom. The van der Waals surface area contributed by atoms with Crippen molar-refractivity contribution >= 4 is 34.6 Å². The Labute approximate surface area is 130 Å². The topological polar surface area (TPSA) is 55.2 Å². The molecule has 7 heteroatoms. The van der Waals surface area contributed by atoms with E-state index in [4.69, 9.17) is 23.2 Å². The molecule has 0 saturated carbocycles. The molecule has 0 fully saturated rings. The molecule has 2 rings (SSSR count). The van der Waals surface area contributed by atoms with Crippen LogP contribution in [0.15, 0.2) is 36.4 Å². The molecule has 0 aromatic heterocycles. The summed E-state index contributed by atoms with van der Waals surface area (Å²) in [7, 11) is 0. The van der Waals surface area contributed by atoms with Gasteiger partial charge in [-0.05, 0) is 30.7 Å². The molecule has 2 aromatic carbocycles. The molecule has 1 N–H and O–H groups in total. The molecule has 0 aliphatic heterocycles. The van der Waals surface area contributed by atoms with Crippen LogP contribution in [0.25, 0.3) is 0 Å². The van der Waals surface area contributed by atoms with E-state index in [0.29, 0.717) is 16.3 Å². The van der Waals surface area contributed by atoms with Gasteiger partial charge in [0.15, 0.2) is 0 Å². The number of hydrogen-bond acceptors (Lipinski definition) is 3. The molecular weight excluding hydrogens is 318 g/mol. The lowest BCUT2D eigenvalue weighted by atomic mass is 10.1. The Morgan fingerprint density at radius 3 is 2.57 bits per heavy atom. The molecule has 0 amide bonds. The Kier molecular flexibility index (Phi) is 4.65. The summed E-state index contributed by atoms with van der Waals surface area (Å²) in [6.45, 7) is 1.73. The normalized spacial score (nSPS) is 12.0. The van der Waals surface area contributed by atoms with Gasteiger partial charge >= 0.3 is 0 Å². The van der Waals surface area contributed by atoms with Gasteiger partial charge in [0.1, 0.15) is 11.5 Å². The third-order valence-corrected chi connectivity index (χ3v) is 3.60. The van der Waals surface area contributed by atoms with Gasteiger partial charge in [-0.25, -0.2) is 4.39 Å². The molecule has 4 nitrogen and oxygen atoms in total. The SMILES string of the molecule is CC(Nc1ccccc1[N+](=O)[O-])c1cc(F)c(Cl)cc1Cl. The third-order valence-electron chi connectivity index (χ3n) is 2.98. The number of rotatable bonds is 4. The second-order valence-electron chi connectivity index (χ2n) is 4.43. The summed E-state index contributed by atoms with van der Waals surface area (Å²) in [5.41, 5.74) is 0.744. The van der Waals surface area contributed by atoms with Gasteiger partial charge in [-0.1, -0.05) is 35.3 Å². The highest BCUT2D eigenvalue weighted by Gasteiger charge is 2.18. The van der Waals surface area contributed by atoms with Gasteiger partial charge in [-0.15, -0.1) is 0 Å². The van der Waals surface area contributed by atoms with E-state index in [1.54, 1.807) is 25.1 Å². The zero-order valence-corrected chi connectivity index (χ0v) is 12.5. The predicted molar refractivity (Wildman–Crippen MR) is 81.6 cm³/mol. The first-order valence-electron chi connectivity index (χ1n) is 6.04. The highest BCUT2D eigenvalue weighted by atomic mass is 35.5. The Balaban J connectivity index is 2.33. The maximum atomic E-state index is 13.5. The second-order valence-corrected chi connectivity index (χ2v) is 5.24. The zero-order valence-electron chi connectivity index (χ0n) is 10.9. The van der Waals surface area contributed by atoms with Crippen molar-refractivity contribution < 1.29 is 9.31 Å². The molecule has 0 saturated heterocycles. The van der Waals surface area contributed by atoms with E-state index in [2.05, 4.69) is 5.32 Å². The molecule has 1 unspecified atom stereocenters. The molecule has 1 atom stereocenters. The van der Waals surface area contributed by atoms with E-state index in [9.17, 15) is 14.5 Å². The minimum Gasteiger partial charge on any atom is -0.373 e. The van der Waals surface area contributed by atoms with E-state index in [0.717, 1.165) is 0 Å². The van der Waals surface area contributed by atoms with Crippen molar-refractivity contribution in [1.82, 2.24) is 0 Å². The standard InChI is InChI=1S/C14H11Cl2FN2O2/c1-8(9-6-12(17)11(16)7-10(9)15)18-13-4-2-3-5-14(13)19(20)21/h2-8,18H,1H3. The van der Waals surface area contributed by atoms with Crippen LogP contribution in [0.4, 0.5) is 15.8 Å². The maximum absolute atomic E-state index is 13.5. The van der Waals surface area contributed by atoms with E-state index in [1.807, 2.05) is 0 Å². The van der Waals surface area contributed by atoms with Crippen LogP contribution in [-0.2, 0) is 0 Å². The molecule has 0 aliphatic rings. The molecule has 0 heterocycles. The summed E-state index contributed by atoms with van der Waals surface area (Å²) in [5, 5.41) is 14.2.